The summed E-state index contributed by atoms with van der Waals surface area (Å²) in [7, 11) is 0. The average molecular weight is 410 g/mol. The molecular weight excluding hydrogens is 381 g/mol. The van der Waals surface area contributed by atoms with Crippen LogP contribution in [-0.2, 0) is 4.79 Å². The van der Waals surface area contributed by atoms with Crippen molar-refractivity contribution in [3.8, 4) is 0 Å². The highest BCUT2D eigenvalue weighted by Crippen LogP contribution is 2.48. The Morgan fingerprint density at radius 1 is 0.630 bits per heavy atom. The fourth-order valence-electron chi connectivity index (χ4n) is 2.73. The first kappa shape index (κ1) is 26.0. The van der Waals surface area contributed by atoms with E-state index in [-0.39, 0.29) is 19.5 Å². The first-order valence-electron chi connectivity index (χ1n) is 9.43. The smallest absolute Gasteiger partial charge is 0.410 e. The quantitative estimate of drug-likeness (QED) is 0.207. The summed E-state index contributed by atoms with van der Waals surface area (Å²) in [6.45, 7) is -0.286. The summed E-state index contributed by atoms with van der Waals surface area (Å²) in [5.74, 6) is -20.1. The third-order valence-electron chi connectivity index (χ3n) is 4.50. The van der Waals surface area contributed by atoms with Crippen LogP contribution in [0.25, 0.3) is 0 Å². The highest BCUT2D eigenvalue weighted by Gasteiger charge is 2.74. The number of alkyl halides is 7. The van der Waals surface area contributed by atoms with E-state index in [1.165, 1.54) is 0 Å². The van der Waals surface area contributed by atoms with Crippen molar-refractivity contribution in [1.29, 1.82) is 0 Å². The summed E-state index contributed by atoms with van der Waals surface area (Å²) >= 11 is 0. The van der Waals surface area contributed by atoms with Crippen molar-refractivity contribution >= 4 is 5.97 Å². The minimum Gasteiger partial charge on any atom is -0.477 e. The lowest BCUT2D eigenvalue weighted by molar-refractivity contribution is -0.305. The molecule has 0 amide bonds. The van der Waals surface area contributed by atoms with Crippen LogP contribution >= 0.6 is 0 Å². The lowest BCUT2D eigenvalue weighted by atomic mass is 9.98. The topological polar surface area (TPSA) is 37.3 Å². The number of rotatable bonds is 17. The molecule has 0 radical (unpaired) electrons. The van der Waals surface area contributed by atoms with Gasteiger partial charge in [-0.2, -0.15) is 26.3 Å². The summed E-state index contributed by atoms with van der Waals surface area (Å²) < 4.78 is 90.6. The zero-order valence-corrected chi connectivity index (χ0v) is 15.4. The Labute approximate surface area is 155 Å². The van der Waals surface area contributed by atoms with E-state index in [0.29, 0.717) is 12.8 Å². The minimum atomic E-state index is -5.93. The zero-order valence-electron chi connectivity index (χ0n) is 15.4. The van der Waals surface area contributed by atoms with E-state index in [1.807, 2.05) is 0 Å². The lowest BCUT2D eigenvalue weighted by Gasteiger charge is -2.30. The van der Waals surface area contributed by atoms with Crippen LogP contribution < -0.4 is 0 Å². The monoisotopic (exact) mass is 410 g/mol. The van der Waals surface area contributed by atoms with E-state index in [2.05, 4.69) is 0 Å². The first-order valence-corrected chi connectivity index (χ1v) is 9.43. The Bertz CT molecular complexity index is 415. The van der Waals surface area contributed by atoms with Gasteiger partial charge in [0.15, 0.2) is 0 Å². The van der Waals surface area contributed by atoms with Crippen LogP contribution in [-0.4, -0.2) is 35.5 Å². The maximum absolute atomic E-state index is 13.4. The average Bonchev–Trinajstić information content (AvgIpc) is 2.58. The van der Waals surface area contributed by atoms with Gasteiger partial charge >= 0.3 is 23.7 Å². The summed E-state index contributed by atoms with van der Waals surface area (Å²) in [4.78, 5) is 10.1. The second-order valence-electron chi connectivity index (χ2n) is 6.84. The van der Waals surface area contributed by atoms with Crippen molar-refractivity contribution in [3.63, 3.8) is 0 Å². The van der Waals surface area contributed by atoms with Gasteiger partial charge in [0.2, 0.25) is 0 Å². The number of carboxylic acid groups (broad SMARTS) is 1. The highest BCUT2D eigenvalue weighted by molar-refractivity contribution is 5.77. The number of aliphatic carboxylic acids is 1. The molecule has 0 aliphatic carbocycles. The summed E-state index contributed by atoms with van der Waals surface area (Å²) in [6.07, 6.45) is 7.00. The van der Waals surface area contributed by atoms with E-state index in [9.17, 15) is 35.5 Å². The van der Waals surface area contributed by atoms with Gasteiger partial charge < -0.3 is 5.11 Å². The molecule has 2 nitrogen and oxygen atoms in total. The second-order valence-corrected chi connectivity index (χ2v) is 6.84. The molecule has 0 aliphatic rings. The molecule has 0 spiro atoms. The van der Waals surface area contributed by atoms with E-state index in [0.717, 1.165) is 51.4 Å². The van der Waals surface area contributed by atoms with Crippen LogP contribution in [0.15, 0.2) is 0 Å². The molecular formula is C18H29F7O2. The third kappa shape index (κ3) is 8.68. The summed E-state index contributed by atoms with van der Waals surface area (Å²) in [5, 5.41) is 8.05. The fraction of sp³-hybridized carbons (Fsp3) is 0.944. The van der Waals surface area contributed by atoms with Gasteiger partial charge in [-0.1, -0.05) is 64.2 Å². The van der Waals surface area contributed by atoms with Crippen LogP contribution in [0.2, 0.25) is 0 Å². The van der Waals surface area contributed by atoms with Crippen molar-refractivity contribution in [2.24, 2.45) is 0 Å². The number of unbranched alkanes of at least 4 members (excludes halogenated alkanes) is 11. The Hall–Kier alpha value is -1.02. The molecule has 0 aromatic rings. The SMILES string of the molecule is O=C(O)C(F)(F)C(F)(F)C(F)(F)CCCCCCCCCCCCCCF. The molecule has 0 rings (SSSR count). The largest absolute Gasteiger partial charge is 0.477 e. The van der Waals surface area contributed by atoms with Gasteiger partial charge in [0.05, 0.1) is 6.67 Å². The van der Waals surface area contributed by atoms with Crippen molar-refractivity contribution in [3.05, 3.63) is 0 Å². The maximum Gasteiger partial charge on any atom is 0.410 e. The number of hydrogen-bond acceptors (Lipinski definition) is 1. The maximum atomic E-state index is 13.4. The minimum absolute atomic E-state index is 0.188. The summed E-state index contributed by atoms with van der Waals surface area (Å²) in [6, 6.07) is 0. The van der Waals surface area contributed by atoms with E-state index >= 15 is 0 Å². The molecule has 0 fully saturated rings. The Morgan fingerprint density at radius 2 is 0.963 bits per heavy atom. The Kier molecular flexibility index (Phi) is 12.0. The fourth-order valence-corrected chi connectivity index (χ4v) is 2.73. The number of halogens is 7. The molecule has 0 aromatic heterocycles. The molecule has 0 bridgehead atoms. The van der Waals surface area contributed by atoms with Crippen LogP contribution in [0, 0.1) is 0 Å². The van der Waals surface area contributed by atoms with Crippen molar-refractivity contribution in [1.82, 2.24) is 0 Å². The van der Waals surface area contributed by atoms with Crippen molar-refractivity contribution in [2.45, 2.75) is 101 Å². The molecule has 0 aliphatic heterocycles. The Balaban J connectivity index is 3.84. The number of carboxylic acids is 1. The van der Waals surface area contributed by atoms with Crippen LogP contribution in [0.5, 0.6) is 0 Å². The highest BCUT2D eigenvalue weighted by atomic mass is 19.3. The standard InChI is InChI=1S/C18H29F7O2/c19-14-12-10-8-6-4-2-1-3-5-7-9-11-13-16(20,21)18(24,25)17(22,23)15(26)27/h1-14H2,(H,26,27). The number of carbonyl (C=O) groups is 1. The third-order valence-corrected chi connectivity index (χ3v) is 4.50. The van der Waals surface area contributed by atoms with E-state index < -0.39 is 30.2 Å². The molecule has 0 atom stereocenters. The Morgan fingerprint density at radius 3 is 1.30 bits per heavy atom. The lowest BCUT2D eigenvalue weighted by Crippen LogP contribution is -2.57. The van der Waals surface area contributed by atoms with Crippen LogP contribution in [0.3, 0.4) is 0 Å². The zero-order chi connectivity index (χ0) is 21.0. The molecule has 0 saturated carbocycles. The van der Waals surface area contributed by atoms with Gasteiger partial charge in [-0.05, 0) is 12.8 Å². The van der Waals surface area contributed by atoms with Gasteiger partial charge in [-0.25, -0.2) is 4.79 Å². The number of hydrogen-bond donors (Lipinski definition) is 1. The van der Waals surface area contributed by atoms with Crippen molar-refractivity contribution in [2.75, 3.05) is 6.67 Å². The van der Waals surface area contributed by atoms with Crippen LogP contribution in [0.4, 0.5) is 30.7 Å². The van der Waals surface area contributed by atoms with E-state index in [1.54, 1.807) is 0 Å². The van der Waals surface area contributed by atoms with Gasteiger partial charge in [0.25, 0.3) is 0 Å². The second kappa shape index (κ2) is 12.4. The predicted molar refractivity (Wildman–Crippen MR) is 88.5 cm³/mol. The van der Waals surface area contributed by atoms with E-state index in [4.69, 9.17) is 5.11 Å². The predicted octanol–water partition coefficient (Wildman–Crippen LogP) is 7.02. The molecule has 0 heterocycles. The van der Waals surface area contributed by atoms with Gasteiger partial charge in [0.1, 0.15) is 0 Å². The van der Waals surface area contributed by atoms with Crippen LogP contribution in [0.1, 0.15) is 83.5 Å². The molecule has 1 N–H and O–H groups in total. The molecule has 0 aromatic carbocycles. The molecule has 27 heavy (non-hydrogen) atoms. The van der Waals surface area contributed by atoms with Crippen molar-refractivity contribution < 1.29 is 40.6 Å². The molecule has 0 saturated heterocycles. The normalized spacial score (nSPS) is 13.1. The molecule has 0 unspecified atom stereocenters. The molecule has 162 valence electrons. The van der Waals surface area contributed by atoms with Gasteiger partial charge in [0, 0.05) is 6.42 Å². The summed E-state index contributed by atoms with van der Waals surface area (Å²) in [5.41, 5.74) is 0. The molecule has 9 heteroatoms. The van der Waals surface area contributed by atoms with Gasteiger partial charge in [-0.15, -0.1) is 0 Å². The van der Waals surface area contributed by atoms with Gasteiger partial charge in [-0.3, -0.25) is 4.39 Å². The first-order chi connectivity index (χ1) is 12.5.